The maximum Gasteiger partial charge on any atom is 0.252 e. The fourth-order valence-corrected chi connectivity index (χ4v) is 17.9. The molecule has 17 rings (SSSR count). The molecule has 13 aromatic carbocycles. The van der Waals surface area contributed by atoms with E-state index in [0.29, 0.717) is 0 Å². The molecule has 5 heteroatoms. The van der Waals surface area contributed by atoms with E-state index >= 15 is 0 Å². The molecule has 0 atom stereocenters. The average molecular weight is 1450 g/mol. The van der Waals surface area contributed by atoms with Crippen molar-refractivity contribution in [1.82, 2.24) is 9.13 Å². The Morgan fingerprint density at radius 2 is 0.532 bits per heavy atom. The van der Waals surface area contributed by atoms with Crippen LogP contribution < -0.4 is 26.2 Å². The van der Waals surface area contributed by atoms with Crippen molar-refractivity contribution < 1.29 is 0 Å². The van der Waals surface area contributed by atoms with Gasteiger partial charge < -0.3 is 18.9 Å². The molecule has 4 heterocycles. The Morgan fingerprint density at radius 1 is 0.216 bits per heavy atom. The molecular formula is C106H107BN4. The zero-order valence-electron chi connectivity index (χ0n) is 69.3. The number of nitrogens with zero attached hydrogens (tertiary/aromatic N) is 4. The molecule has 0 saturated heterocycles. The lowest BCUT2D eigenvalue weighted by Crippen LogP contribution is -2.61. The van der Waals surface area contributed by atoms with E-state index in [1.54, 1.807) is 0 Å². The molecule has 2 aliphatic heterocycles. The molecule has 2 aliphatic rings. The van der Waals surface area contributed by atoms with E-state index in [1.165, 1.54) is 133 Å². The summed E-state index contributed by atoms with van der Waals surface area (Å²) in [4.78, 5) is 5.44. The van der Waals surface area contributed by atoms with Crippen LogP contribution in [0.3, 0.4) is 0 Å². The van der Waals surface area contributed by atoms with Crippen molar-refractivity contribution in [3.05, 3.63) is 306 Å². The van der Waals surface area contributed by atoms with Gasteiger partial charge >= 0.3 is 0 Å². The molecule has 2 aromatic heterocycles. The van der Waals surface area contributed by atoms with E-state index in [1.807, 2.05) is 0 Å². The number of benzene rings is 13. The predicted octanol–water partition coefficient (Wildman–Crippen LogP) is 27.7. The van der Waals surface area contributed by atoms with Crippen LogP contribution in [0.2, 0.25) is 0 Å². The van der Waals surface area contributed by atoms with Crippen LogP contribution >= 0.6 is 0 Å². The summed E-state index contributed by atoms with van der Waals surface area (Å²) in [6.07, 6.45) is 0. The summed E-state index contributed by atoms with van der Waals surface area (Å²) >= 11 is 0. The summed E-state index contributed by atoms with van der Waals surface area (Å²) in [5, 5.41) is 5.07. The molecule has 0 fully saturated rings. The molecule has 15 aromatic rings. The first-order valence-corrected chi connectivity index (χ1v) is 40.3. The van der Waals surface area contributed by atoms with Gasteiger partial charge in [-0.25, -0.2) is 0 Å². The standard InChI is InChI=1S/C106H107BN4/c1-100(2,3)70-42-52-89-81(58-70)82-59-71(101(4,5)6)43-53-90(82)108(89)75-46-50-87-95(64-75)110(93-56-68(40-48-79(93)66-32-24-22-25-33-66)77-36-28-30-38-85(77)105(16,17)18)97-62-74(104(13,14)15)63-98-99(97)107(87)88-51-47-76(109-91-54-44-72(102(7,8)9)60-83(91)84-61-73(103(10,11)12)45-55-92(84)109)65-96(88)111(98)94-57-69(41-49-80(94)67-34-26-23-27-35-67)78-37-29-31-39-86(78)106(19,20)21/h22-65H,1-21H3. The van der Waals surface area contributed by atoms with Gasteiger partial charge in [-0.05, 0) is 224 Å². The molecule has 0 bridgehead atoms. The van der Waals surface area contributed by atoms with Gasteiger partial charge in [0, 0.05) is 66.8 Å². The molecule has 0 N–H and O–H groups in total. The average Bonchev–Trinajstić information content (AvgIpc) is 0.927. The van der Waals surface area contributed by atoms with Gasteiger partial charge in [0.2, 0.25) is 0 Å². The minimum atomic E-state index is -0.324. The maximum absolute atomic E-state index is 2.72. The number of fused-ring (bicyclic) bond motifs is 10. The maximum atomic E-state index is 2.72. The monoisotopic (exact) mass is 1450 g/mol. The molecule has 0 aliphatic carbocycles. The predicted molar refractivity (Wildman–Crippen MR) is 482 cm³/mol. The highest BCUT2D eigenvalue weighted by Gasteiger charge is 2.46. The normalized spacial score (nSPS) is 13.6. The third-order valence-corrected chi connectivity index (χ3v) is 24.2. The number of anilines is 6. The first-order chi connectivity index (χ1) is 52.5. The van der Waals surface area contributed by atoms with Crippen LogP contribution in [0.5, 0.6) is 0 Å². The second-order valence-electron chi connectivity index (χ2n) is 39.2. The van der Waals surface area contributed by atoms with E-state index in [2.05, 4.69) is 431 Å². The topological polar surface area (TPSA) is 16.3 Å². The van der Waals surface area contributed by atoms with Crippen LogP contribution in [0.15, 0.2) is 267 Å². The molecular weight excluding hydrogens is 1340 g/mol. The van der Waals surface area contributed by atoms with Crippen molar-refractivity contribution in [2.24, 2.45) is 0 Å². The lowest BCUT2D eigenvalue weighted by atomic mass is 9.33. The highest BCUT2D eigenvalue weighted by atomic mass is 15.2. The van der Waals surface area contributed by atoms with Gasteiger partial charge in [0.05, 0.1) is 33.4 Å². The number of aromatic nitrogens is 2. The minimum absolute atomic E-state index is 0.0564. The molecule has 0 radical (unpaired) electrons. The Kier molecular flexibility index (Phi) is 17.0. The third kappa shape index (κ3) is 12.5. The van der Waals surface area contributed by atoms with E-state index in [9.17, 15) is 0 Å². The second-order valence-corrected chi connectivity index (χ2v) is 39.2. The van der Waals surface area contributed by atoms with Crippen LogP contribution in [-0.4, -0.2) is 15.8 Å². The zero-order valence-corrected chi connectivity index (χ0v) is 69.3. The van der Waals surface area contributed by atoms with Crippen molar-refractivity contribution in [1.29, 1.82) is 0 Å². The highest BCUT2D eigenvalue weighted by molar-refractivity contribution is 7.00. The summed E-state index contributed by atoms with van der Waals surface area (Å²) in [6.45, 7) is 49.2. The van der Waals surface area contributed by atoms with E-state index in [-0.39, 0.29) is 44.6 Å². The van der Waals surface area contributed by atoms with Gasteiger partial charge in [-0.1, -0.05) is 315 Å². The van der Waals surface area contributed by atoms with Crippen molar-refractivity contribution in [2.45, 2.75) is 183 Å². The van der Waals surface area contributed by atoms with Crippen LogP contribution in [0.1, 0.15) is 184 Å². The number of hydrogen-bond acceptors (Lipinski definition) is 2. The lowest BCUT2D eigenvalue weighted by molar-refractivity contribution is 0.590. The minimum Gasteiger partial charge on any atom is -0.311 e. The van der Waals surface area contributed by atoms with Gasteiger partial charge in [0.25, 0.3) is 6.71 Å². The SMILES string of the molecule is CC(C)(C)c1cc2c3c(c1)N(c1cc(-c4ccccc4C(C)(C)C)ccc1-c1ccccc1)c1cc(-n4c5ccc(C(C)(C)C)cc5c5cc(C(C)(C)C)ccc54)ccc1B3c1ccc(-n3c4ccc(C(C)(C)C)cc4c4cc(C(C)(C)C)ccc43)cc1N2c1cc(-c2ccccc2C(C)(C)C)ccc1-c1ccccc1. The summed E-state index contributed by atoms with van der Waals surface area (Å²) < 4.78 is 5.14. The van der Waals surface area contributed by atoms with Crippen molar-refractivity contribution in [2.75, 3.05) is 9.80 Å². The largest absolute Gasteiger partial charge is 0.311 e. The van der Waals surface area contributed by atoms with Gasteiger partial charge in [0.15, 0.2) is 0 Å². The fourth-order valence-electron chi connectivity index (χ4n) is 17.9. The number of hydrogen-bond donors (Lipinski definition) is 0. The van der Waals surface area contributed by atoms with Gasteiger partial charge in [-0.3, -0.25) is 0 Å². The van der Waals surface area contributed by atoms with Gasteiger partial charge in [0.1, 0.15) is 0 Å². The molecule has 0 saturated carbocycles. The Balaban J connectivity index is 1.04. The van der Waals surface area contributed by atoms with Crippen molar-refractivity contribution in [3.63, 3.8) is 0 Å². The summed E-state index contributed by atoms with van der Waals surface area (Å²) in [7, 11) is 0. The van der Waals surface area contributed by atoms with E-state index in [4.69, 9.17) is 0 Å². The first-order valence-electron chi connectivity index (χ1n) is 40.3. The summed E-state index contributed by atoms with van der Waals surface area (Å²) in [5.74, 6) is 0. The van der Waals surface area contributed by atoms with E-state index < -0.39 is 0 Å². The third-order valence-electron chi connectivity index (χ3n) is 24.2. The first kappa shape index (κ1) is 73.0. The Hall–Kier alpha value is -10.9. The smallest absolute Gasteiger partial charge is 0.252 e. The Morgan fingerprint density at radius 3 is 0.847 bits per heavy atom. The number of rotatable bonds is 8. The quantitative estimate of drug-likeness (QED) is 0.141. The summed E-state index contributed by atoms with van der Waals surface area (Å²) in [6, 6.07) is 105. The highest BCUT2D eigenvalue weighted by Crippen LogP contribution is 2.54. The van der Waals surface area contributed by atoms with Gasteiger partial charge in [-0.2, -0.15) is 0 Å². The van der Waals surface area contributed by atoms with Crippen LogP contribution in [0, 0.1) is 0 Å². The molecule has 111 heavy (non-hydrogen) atoms. The zero-order chi connectivity index (χ0) is 78.1. The molecule has 0 amide bonds. The van der Waals surface area contributed by atoms with Crippen molar-refractivity contribution >= 4 is 101 Å². The van der Waals surface area contributed by atoms with Crippen molar-refractivity contribution in [3.8, 4) is 55.9 Å². The van der Waals surface area contributed by atoms with Crippen LogP contribution in [-0.2, 0) is 37.9 Å². The molecule has 4 nitrogen and oxygen atoms in total. The molecule has 0 spiro atoms. The molecule has 554 valence electrons. The molecule has 0 unspecified atom stereocenters. The Labute approximate surface area is 660 Å². The second kappa shape index (κ2) is 25.9. The summed E-state index contributed by atoms with van der Waals surface area (Å²) in [5.41, 5.74) is 35.4. The fraction of sp³-hybridized carbons (Fsp3) is 0.264. The van der Waals surface area contributed by atoms with Gasteiger partial charge in [-0.15, -0.1) is 0 Å². The van der Waals surface area contributed by atoms with Crippen LogP contribution in [0.4, 0.5) is 34.1 Å². The van der Waals surface area contributed by atoms with Crippen LogP contribution in [0.25, 0.3) is 99.5 Å². The lowest BCUT2D eigenvalue weighted by Gasteiger charge is -2.46. The van der Waals surface area contributed by atoms with E-state index in [0.717, 1.165) is 56.4 Å². The Bertz CT molecular complexity index is 5730.